The van der Waals surface area contributed by atoms with Gasteiger partial charge in [-0.3, -0.25) is 4.79 Å². The van der Waals surface area contributed by atoms with Crippen LogP contribution in [0.25, 0.3) is 0 Å². The van der Waals surface area contributed by atoms with Crippen molar-refractivity contribution in [1.29, 1.82) is 0 Å². The quantitative estimate of drug-likeness (QED) is 0.729. The van der Waals surface area contributed by atoms with Crippen LogP contribution in [-0.4, -0.2) is 20.6 Å². The maximum atomic E-state index is 10.8. The molecule has 1 atom stereocenters. The fourth-order valence-electron chi connectivity index (χ4n) is 1.22. The number of aliphatic carboxylic acids is 1. The lowest BCUT2D eigenvalue weighted by atomic mass is 10.0. The van der Waals surface area contributed by atoms with Crippen LogP contribution in [0, 0.1) is 4.77 Å². The SMILES string of the molecule is CCC(C(=O)O)c1cn(C)c(=S)[nH]1. The van der Waals surface area contributed by atoms with Crippen molar-refractivity contribution in [1.82, 2.24) is 9.55 Å². The number of H-pyrrole nitrogens is 1. The molecular formula is C8H12N2O2S. The van der Waals surface area contributed by atoms with Crippen molar-refractivity contribution in [2.75, 3.05) is 0 Å². The number of nitrogens with one attached hydrogen (secondary N) is 1. The van der Waals surface area contributed by atoms with Crippen molar-refractivity contribution in [2.45, 2.75) is 19.3 Å². The van der Waals surface area contributed by atoms with Gasteiger partial charge in [0.15, 0.2) is 4.77 Å². The third-order valence-corrected chi connectivity index (χ3v) is 2.38. The standard InChI is InChI=1S/C8H12N2O2S/c1-3-5(7(11)12)6-4-10(2)8(13)9-6/h4-5H,3H2,1-2H3,(H,9,13)(H,11,12). The number of aromatic nitrogens is 2. The molecule has 0 aliphatic heterocycles. The Morgan fingerprint density at radius 2 is 2.46 bits per heavy atom. The van der Waals surface area contributed by atoms with E-state index in [1.54, 1.807) is 17.8 Å². The van der Waals surface area contributed by atoms with Gasteiger partial charge >= 0.3 is 5.97 Å². The lowest BCUT2D eigenvalue weighted by molar-refractivity contribution is -0.138. The van der Waals surface area contributed by atoms with Gasteiger partial charge in [-0.05, 0) is 18.6 Å². The van der Waals surface area contributed by atoms with Gasteiger partial charge in [-0.15, -0.1) is 0 Å². The minimum atomic E-state index is -0.820. The fraction of sp³-hybridized carbons (Fsp3) is 0.500. The molecule has 1 heterocycles. The van der Waals surface area contributed by atoms with Crippen LogP contribution in [-0.2, 0) is 11.8 Å². The first-order chi connectivity index (χ1) is 6.06. The summed E-state index contributed by atoms with van der Waals surface area (Å²) in [6, 6.07) is 0. The average Bonchev–Trinajstić information content (AvgIpc) is 2.32. The Morgan fingerprint density at radius 1 is 1.85 bits per heavy atom. The van der Waals surface area contributed by atoms with Gasteiger partial charge in [0, 0.05) is 18.9 Å². The van der Waals surface area contributed by atoms with Gasteiger partial charge in [0.2, 0.25) is 0 Å². The second kappa shape index (κ2) is 3.74. The zero-order chi connectivity index (χ0) is 10.0. The molecule has 0 spiro atoms. The van der Waals surface area contributed by atoms with Crippen LogP contribution in [0.2, 0.25) is 0 Å². The van der Waals surface area contributed by atoms with E-state index in [1.807, 2.05) is 6.92 Å². The molecule has 5 heteroatoms. The van der Waals surface area contributed by atoms with Crippen LogP contribution in [0.5, 0.6) is 0 Å². The molecule has 13 heavy (non-hydrogen) atoms. The number of carboxylic acid groups (broad SMARTS) is 1. The maximum absolute atomic E-state index is 10.8. The monoisotopic (exact) mass is 200 g/mol. The topological polar surface area (TPSA) is 58.0 Å². The first-order valence-corrected chi connectivity index (χ1v) is 4.45. The molecule has 0 saturated heterocycles. The number of aryl methyl sites for hydroxylation is 1. The fourth-order valence-corrected chi connectivity index (χ4v) is 1.39. The number of aromatic amines is 1. The summed E-state index contributed by atoms with van der Waals surface area (Å²) in [5.74, 6) is -1.30. The minimum absolute atomic E-state index is 0.483. The highest BCUT2D eigenvalue weighted by Crippen LogP contribution is 2.17. The molecule has 0 aliphatic carbocycles. The summed E-state index contributed by atoms with van der Waals surface area (Å²) in [6.07, 6.45) is 2.29. The van der Waals surface area contributed by atoms with Gasteiger partial charge in [-0.25, -0.2) is 0 Å². The van der Waals surface area contributed by atoms with Crippen LogP contribution >= 0.6 is 12.2 Å². The number of hydrogen-bond donors (Lipinski definition) is 2. The molecule has 1 aromatic heterocycles. The molecule has 0 fully saturated rings. The summed E-state index contributed by atoms with van der Waals surface area (Å²) >= 11 is 4.94. The average molecular weight is 200 g/mol. The van der Waals surface area contributed by atoms with E-state index >= 15 is 0 Å². The van der Waals surface area contributed by atoms with Crippen LogP contribution in [0.4, 0.5) is 0 Å². The highest BCUT2D eigenvalue weighted by molar-refractivity contribution is 7.71. The molecule has 0 saturated carbocycles. The van der Waals surface area contributed by atoms with Crippen molar-refractivity contribution in [3.05, 3.63) is 16.7 Å². The largest absolute Gasteiger partial charge is 0.481 e. The van der Waals surface area contributed by atoms with Gasteiger partial charge in [-0.2, -0.15) is 0 Å². The smallest absolute Gasteiger partial charge is 0.312 e. The van der Waals surface area contributed by atoms with Gasteiger partial charge < -0.3 is 14.7 Å². The van der Waals surface area contributed by atoms with E-state index in [0.29, 0.717) is 16.9 Å². The maximum Gasteiger partial charge on any atom is 0.312 e. The molecule has 1 aromatic rings. The zero-order valence-electron chi connectivity index (χ0n) is 7.57. The van der Waals surface area contributed by atoms with Crippen LogP contribution in [0.1, 0.15) is 25.0 Å². The molecule has 0 amide bonds. The number of rotatable bonds is 3. The molecule has 4 nitrogen and oxygen atoms in total. The Bertz CT molecular complexity index is 366. The van der Waals surface area contributed by atoms with E-state index < -0.39 is 11.9 Å². The highest BCUT2D eigenvalue weighted by Gasteiger charge is 2.19. The summed E-state index contributed by atoms with van der Waals surface area (Å²) in [4.78, 5) is 13.7. The van der Waals surface area contributed by atoms with Crippen molar-refractivity contribution in [3.63, 3.8) is 0 Å². The number of hydrogen-bond acceptors (Lipinski definition) is 2. The predicted octanol–water partition coefficient (Wildman–Crippen LogP) is 1.66. The molecule has 2 N–H and O–H groups in total. The van der Waals surface area contributed by atoms with Gasteiger partial charge in [0.1, 0.15) is 0 Å². The van der Waals surface area contributed by atoms with E-state index in [0.717, 1.165) is 0 Å². The number of carbonyl (C=O) groups is 1. The van der Waals surface area contributed by atoms with Crippen LogP contribution in [0.3, 0.4) is 0 Å². The minimum Gasteiger partial charge on any atom is -0.481 e. The molecule has 0 aromatic carbocycles. The predicted molar refractivity (Wildman–Crippen MR) is 51.3 cm³/mol. The van der Waals surface area contributed by atoms with Gasteiger partial charge in [0.05, 0.1) is 5.92 Å². The first kappa shape index (κ1) is 9.98. The zero-order valence-corrected chi connectivity index (χ0v) is 8.39. The lowest BCUT2D eigenvalue weighted by Gasteiger charge is -2.05. The van der Waals surface area contributed by atoms with Gasteiger partial charge in [-0.1, -0.05) is 6.92 Å². The van der Waals surface area contributed by atoms with E-state index in [4.69, 9.17) is 17.3 Å². The van der Waals surface area contributed by atoms with Crippen LogP contribution < -0.4 is 0 Å². The molecule has 1 unspecified atom stereocenters. The van der Waals surface area contributed by atoms with E-state index in [1.165, 1.54) is 0 Å². The summed E-state index contributed by atoms with van der Waals surface area (Å²) in [7, 11) is 1.79. The normalized spacial score (nSPS) is 12.8. The van der Waals surface area contributed by atoms with E-state index in [9.17, 15) is 4.79 Å². The molecule has 72 valence electrons. The Kier molecular flexibility index (Phi) is 2.87. The number of nitrogens with zero attached hydrogens (tertiary/aromatic N) is 1. The van der Waals surface area contributed by atoms with Crippen molar-refractivity contribution in [2.24, 2.45) is 7.05 Å². The van der Waals surface area contributed by atoms with E-state index in [2.05, 4.69) is 4.98 Å². The number of imidazole rings is 1. The van der Waals surface area contributed by atoms with Crippen LogP contribution in [0.15, 0.2) is 6.20 Å². The van der Waals surface area contributed by atoms with Gasteiger partial charge in [0.25, 0.3) is 0 Å². The Labute approximate surface area is 81.2 Å². The molecule has 1 rings (SSSR count). The summed E-state index contributed by atoms with van der Waals surface area (Å²) < 4.78 is 2.26. The summed E-state index contributed by atoms with van der Waals surface area (Å²) in [5, 5.41) is 8.86. The lowest BCUT2D eigenvalue weighted by Crippen LogP contribution is -2.10. The highest BCUT2D eigenvalue weighted by atomic mass is 32.1. The summed E-state index contributed by atoms with van der Waals surface area (Å²) in [6.45, 7) is 1.84. The first-order valence-electron chi connectivity index (χ1n) is 4.04. The molecule has 0 aliphatic rings. The van der Waals surface area contributed by atoms with Crippen molar-refractivity contribution < 1.29 is 9.90 Å². The summed E-state index contributed by atoms with van der Waals surface area (Å²) in [5.41, 5.74) is 0.669. The number of carboxylic acids is 1. The van der Waals surface area contributed by atoms with E-state index in [-0.39, 0.29) is 0 Å². The Balaban J connectivity index is 3.05. The molecule has 0 radical (unpaired) electrons. The van der Waals surface area contributed by atoms with Crippen molar-refractivity contribution >= 4 is 18.2 Å². The third kappa shape index (κ3) is 1.98. The third-order valence-electron chi connectivity index (χ3n) is 1.99. The second-order valence-electron chi connectivity index (χ2n) is 2.92. The molecular weight excluding hydrogens is 188 g/mol. The molecule has 0 bridgehead atoms. The Morgan fingerprint density at radius 3 is 2.77 bits per heavy atom. The van der Waals surface area contributed by atoms with Crippen molar-refractivity contribution in [3.8, 4) is 0 Å². The Hall–Kier alpha value is -1.10. The second-order valence-corrected chi connectivity index (χ2v) is 3.31.